The number of halogens is 1. The zero-order valence-electron chi connectivity index (χ0n) is 12.5. The molecule has 1 aliphatic rings. The van der Waals surface area contributed by atoms with Crippen molar-refractivity contribution in [3.63, 3.8) is 0 Å². The Morgan fingerprint density at radius 1 is 1.27 bits per heavy atom. The van der Waals surface area contributed by atoms with Gasteiger partial charge in [-0.25, -0.2) is 9.18 Å². The van der Waals surface area contributed by atoms with Crippen LogP contribution >= 0.6 is 0 Å². The zero-order valence-corrected chi connectivity index (χ0v) is 12.5. The minimum atomic E-state index is -0.350. The van der Waals surface area contributed by atoms with Crippen LogP contribution in [0.15, 0.2) is 24.3 Å². The van der Waals surface area contributed by atoms with E-state index in [1.807, 2.05) is 0 Å². The fourth-order valence-corrected chi connectivity index (χ4v) is 2.26. The van der Waals surface area contributed by atoms with Gasteiger partial charge in [-0.1, -0.05) is 0 Å². The molecule has 7 heteroatoms. The van der Waals surface area contributed by atoms with Crippen molar-refractivity contribution in [2.24, 2.45) is 0 Å². The Hall–Kier alpha value is -1.70. The number of morpholine rings is 1. The summed E-state index contributed by atoms with van der Waals surface area (Å²) in [7, 11) is 0. The van der Waals surface area contributed by atoms with Crippen LogP contribution < -0.4 is 5.32 Å². The van der Waals surface area contributed by atoms with Gasteiger partial charge in [-0.2, -0.15) is 0 Å². The molecule has 0 aromatic heterocycles. The number of aliphatic hydroxyl groups excluding tert-OH is 1. The number of ether oxygens (including phenoxy) is 1. The maximum atomic E-state index is 12.9. The third-order valence-electron chi connectivity index (χ3n) is 3.54. The lowest BCUT2D eigenvalue weighted by Gasteiger charge is -2.30. The summed E-state index contributed by atoms with van der Waals surface area (Å²) in [5.74, 6) is -0.350. The largest absolute Gasteiger partial charge is 0.395 e. The Morgan fingerprint density at radius 3 is 2.59 bits per heavy atom. The SMILES string of the molecule is O=C(Nc1ccc(F)cc1)N(CCO)CCN1CCOCC1. The van der Waals surface area contributed by atoms with Gasteiger partial charge in [0.2, 0.25) is 0 Å². The van der Waals surface area contributed by atoms with Gasteiger partial charge in [0, 0.05) is 38.4 Å². The summed E-state index contributed by atoms with van der Waals surface area (Å²) in [5, 5.41) is 11.8. The van der Waals surface area contributed by atoms with Gasteiger partial charge in [0.25, 0.3) is 0 Å². The lowest BCUT2D eigenvalue weighted by Crippen LogP contribution is -2.45. The van der Waals surface area contributed by atoms with Crippen LogP contribution in [0.2, 0.25) is 0 Å². The number of hydrogen-bond acceptors (Lipinski definition) is 4. The average Bonchev–Trinajstić information content (AvgIpc) is 2.54. The Bertz CT molecular complexity index is 464. The van der Waals surface area contributed by atoms with Crippen molar-refractivity contribution in [1.29, 1.82) is 0 Å². The highest BCUT2D eigenvalue weighted by Gasteiger charge is 2.16. The van der Waals surface area contributed by atoms with Crippen molar-refractivity contribution in [2.45, 2.75) is 0 Å². The Morgan fingerprint density at radius 2 is 1.95 bits per heavy atom. The maximum Gasteiger partial charge on any atom is 0.321 e. The second-order valence-corrected chi connectivity index (χ2v) is 5.10. The van der Waals surface area contributed by atoms with Gasteiger partial charge in [-0.3, -0.25) is 4.90 Å². The lowest BCUT2D eigenvalue weighted by atomic mass is 10.3. The van der Waals surface area contributed by atoms with Gasteiger partial charge < -0.3 is 20.1 Å². The quantitative estimate of drug-likeness (QED) is 0.822. The number of hydrogen-bond donors (Lipinski definition) is 2. The summed E-state index contributed by atoms with van der Waals surface area (Å²) in [6.45, 7) is 4.55. The highest BCUT2D eigenvalue weighted by molar-refractivity contribution is 5.89. The molecule has 0 saturated carbocycles. The molecule has 22 heavy (non-hydrogen) atoms. The van der Waals surface area contributed by atoms with Crippen molar-refractivity contribution in [3.8, 4) is 0 Å². The van der Waals surface area contributed by atoms with Crippen LogP contribution in [0.4, 0.5) is 14.9 Å². The van der Waals surface area contributed by atoms with Crippen LogP contribution in [0.5, 0.6) is 0 Å². The Labute approximate surface area is 129 Å². The van der Waals surface area contributed by atoms with Crippen molar-refractivity contribution in [1.82, 2.24) is 9.80 Å². The summed E-state index contributed by atoms with van der Waals surface area (Å²) in [6, 6.07) is 5.30. The lowest BCUT2D eigenvalue weighted by molar-refractivity contribution is 0.0346. The van der Waals surface area contributed by atoms with Crippen molar-refractivity contribution < 1.29 is 19.0 Å². The molecule has 6 nitrogen and oxygen atoms in total. The molecule has 0 spiro atoms. The molecule has 0 unspecified atom stereocenters. The molecule has 0 radical (unpaired) electrons. The molecular formula is C15H22FN3O3. The highest BCUT2D eigenvalue weighted by Crippen LogP contribution is 2.09. The molecule has 2 rings (SSSR count). The van der Waals surface area contributed by atoms with Crippen LogP contribution in [0.25, 0.3) is 0 Å². The van der Waals surface area contributed by atoms with E-state index in [0.29, 0.717) is 25.4 Å². The Balaban J connectivity index is 1.85. The number of urea groups is 1. The first kappa shape index (κ1) is 16.7. The van der Waals surface area contributed by atoms with E-state index in [1.165, 1.54) is 24.3 Å². The molecule has 2 amide bonds. The van der Waals surface area contributed by atoms with Crippen LogP contribution in [0, 0.1) is 5.82 Å². The van der Waals surface area contributed by atoms with E-state index in [2.05, 4.69) is 10.2 Å². The fourth-order valence-electron chi connectivity index (χ4n) is 2.26. The van der Waals surface area contributed by atoms with E-state index in [9.17, 15) is 9.18 Å². The number of carbonyl (C=O) groups excluding carboxylic acids is 1. The van der Waals surface area contributed by atoms with E-state index in [0.717, 1.165) is 19.6 Å². The first-order valence-electron chi connectivity index (χ1n) is 7.41. The van der Waals surface area contributed by atoms with Crippen molar-refractivity contribution in [3.05, 3.63) is 30.1 Å². The fraction of sp³-hybridized carbons (Fsp3) is 0.533. The van der Waals surface area contributed by atoms with E-state index < -0.39 is 0 Å². The average molecular weight is 311 g/mol. The summed E-state index contributed by atoms with van der Waals surface area (Å²) >= 11 is 0. The molecule has 1 aliphatic heterocycles. The summed E-state index contributed by atoms with van der Waals surface area (Å²) in [5.41, 5.74) is 0.528. The van der Waals surface area contributed by atoms with Gasteiger partial charge in [-0.05, 0) is 24.3 Å². The number of rotatable bonds is 6. The number of carbonyl (C=O) groups is 1. The summed E-state index contributed by atoms with van der Waals surface area (Å²) in [6.07, 6.45) is 0. The van der Waals surface area contributed by atoms with Crippen LogP contribution in [-0.4, -0.2) is 73.5 Å². The normalized spacial score (nSPS) is 15.5. The third-order valence-corrected chi connectivity index (χ3v) is 3.54. The molecule has 1 fully saturated rings. The van der Waals surface area contributed by atoms with Crippen molar-refractivity contribution >= 4 is 11.7 Å². The van der Waals surface area contributed by atoms with Gasteiger partial charge >= 0.3 is 6.03 Å². The van der Waals surface area contributed by atoms with Gasteiger partial charge in [0.1, 0.15) is 5.82 Å². The van der Waals surface area contributed by atoms with Crippen LogP contribution in [-0.2, 0) is 4.74 Å². The summed E-state index contributed by atoms with van der Waals surface area (Å²) in [4.78, 5) is 16.0. The molecule has 0 atom stereocenters. The Kier molecular flexibility index (Phi) is 6.57. The first-order valence-corrected chi connectivity index (χ1v) is 7.41. The predicted octanol–water partition coefficient (Wildman–Crippen LogP) is 0.984. The molecule has 1 saturated heterocycles. The minimum absolute atomic E-state index is 0.0973. The molecule has 2 N–H and O–H groups in total. The molecule has 1 aromatic rings. The highest BCUT2D eigenvalue weighted by atomic mass is 19.1. The standard InChI is InChI=1S/C15H22FN3O3/c16-13-1-3-14(4-2-13)17-15(21)19(7-10-20)6-5-18-8-11-22-12-9-18/h1-4,20H,5-12H2,(H,17,21). The van der Waals surface area contributed by atoms with Gasteiger partial charge in [-0.15, -0.1) is 0 Å². The molecule has 0 bridgehead atoms. The minimum Gasteiger partial charge on any atom is -0.395 e. The molecule has 122 valence electrons. The molecule has 1 heterocycles. The van der Waals surface area contributed by atoms with Gasteiger partial charge in [0.05, 0.1) is 19.8 Å². The van der Waals surface area contributed by atoms with E-state index in [4.69, 9.17) is 9.84 Å². The van der Waals surface area contributed by atoms with E-state index in [-0.39, 0.29) is 25.0 Å². The zero-order chi connectivity index (χ0) is 15.8. The number of anilines is 1. The van der Waals surface area contributed by atoms with E-state index in [1.54, 1.807) is 4.90 Å². The first-order chi connectivity index (χ1) is 10.7. The third kappa shape index (κ3) is 5.25. The van der Waals surface area contributed by atoms with Crippen LogP contribution in [0.3, 0.4) is 0 Å². The second-order valence-electron chi connectivity index (χ2n) is 5.10. The summed E-state index contributed by atoms with van der Waals surface area (Å²) < 4.78 is 18.1. The predicted molar refractivity (Wildman–Crippen MR) is 81.3 cm³/mol. The molecular weight excluding hydrogens is 289 g/mol. The van der Waals surface area contributed by atoms with Gasteiger partial charge in [0.15, 0.2) is 0 Å². The number of benzene rings is 1. The smallest absolute Gasteiger partial charge is 0.321 e. The maximum absolute atomic E-state index is 12.9. The van der Waals surface area contributed by atoms with Crippen LogP contribution in [0.1, 0.15) is 0 Å². The number of aliphatic hydroxyl groups is 1. The number of nitrogens with one attached hydrogen (secondary N) is 1. The second kappa shape index (κ2) is 8.67. The molecule has 0 aliphatic carbocycles. The molecule has 1 aromatic carbocycles. The van der Waals surface area contributed by atoms with E-state index >= 15 is 0 Å². The number of amides is 2. The number of nitrogens with zero attached hydrogens (tertiary/aromatic N) is 2. The topological polar surface area (TPSA) is 65.0 Å². The monoisotopic (exact) mass is 311 g/mol. The van der Waals surface area contributed by atoms with Crippen molar-refractivity contribution in [2.75, 3.05) is 57.9 Å².